The second-order valence-electron chi connectivity index (χ2n) is 5.00. The topological polar surface area (TPSA) is 57.6 Å². The molecule has 1 aliphatic rings. The molecule has 0 bridgehead atoms. The summed E-state index contributed by atoms with van der Waals surface area (Å²) in [6.45, 7) is 6.61. The van der Waals surface area contributed by atoms with E-state index in [0.717, 1.165) is 24.3 Å². The van der Waals surface area contributed by atoms with E-state index in [1.54, 1.807) is 0 Å². The van der Waals surface area contributed by atoms with Crippen molar-refractivity contribution in [1.82, 2.24) is 4.98 Å². The van der Waals surface area contributed by atoms with Gasteiger partial charge in [-0.05, 0) is 19.4 Å². The first-order valence-corrected chi connectivity index (χ1v) is 6.92. The van der Waals surface area contributed by atoms with E-state index in [4.69, 9.17) is 4.74 Å². The summed E-state index contributed by atoms with van der Waals surface area (Å²) < 4.78 is 5.56. The van der Waals surface area contributed by atoms with Crippen LogP contribution in [0.4, 0.5) is 11.4 Å². The van der Waals surface area contributed by atoms with Gasteiger partial charge in [0.25, 0.3) is 0 Å². The Hall–Kier alpha value is -1.33. The molecule has 0 aromatic carbocycles. The normalized spacial score (nSPS) is 23.4. The van der Waals surface area contributed by atoms with Gasteiger partial charge in [0.2, 0.25) is 0 Å². The summed E-state index contributed by atoms with van der Waals surface area (Å²) in [7, 11) is 0. The van der Waals surface area contributed by atoms with Gasteiger partial charge in [0, 0.05) is 19.1 Å². The molecule has 0 amide bonds. The summed E-state index contributed by atoms with van der Waals surface area (Å²) in [5.74, 6) is 0. The van der Waals surface area contributed by atoms with Gasteiger partial charge in [0.15, 0.2) is 0 Å². The minimum Gasteiger partial charge on any atom is -0.394 e. The maximum Gasteiger partial charge on any atom is 0.0981 e. The van der Waals surface area contributed by atoms with Crippen LogP contribution in [0, 0.1) is 0 Å². The van der Waals surface area contributed by atoms with E-state index in [9.17, 15) is 5.11 Å². The van der Waals surface area contributed by atoms with E-state index < -0.39 is 0 Å². The first-order valence-electron chi connectivity index (χ1n) is 6.92. The zero-order valence-corrected chi connectivity index (χ0v) is 11.7. The summed E-state index contributed by atoms with van der Waals surface area (Å²) >= 11 is 0. The standard InChI is InChI=1S/C14H23N3O2/c1-3-4-16-12-5-13(7-15-6-12)17-8-14(9-18)19-10-11(17)2/h5-7,11,14,16,18H,3-4,8-10H2,1-2H3. The molecule has 2 heterocycles. The lowest BCUT2D eigenvalue weighted by atomic mass is 10.1. The number of aromatic nitrogens is 1. The van der Waals surface area contributed by atoms with Crippen molar-refractivity contribution in [2.75, 3.05) is 36.5 Å². The number of ether oxygens (including phenoxy) is 1. The second kappa shape index (κ2) is 6.73. The van der Waals surface area contributed by atoms with Crippen molar-refractivity contribution < 1.29 is 9.84 Å². The van der Waals surface area contributed by atoms with Crippen LogP contribution in [0.3, 0.4) is 0 Å². The maximum absolute atomic E-state index is 9.23. The highest BCUT2D eigenvalue weighted by Gasteiger charge is 2.26. The molecule has 1 aromatic rings. The predicted octanol–water partition coefficient (Wildman–Crippen LogP) is 1.49. The number of rotatable bonds is 5. The molecule has 1 saturated heterocycles. The first-order chi connectivity index (χ1) is 9.24. The van der Waals surface area contributed by atoms with E-state index in [1.165, 1.54) is 0 Å². The minimum atomic E-state index is -0.108. The lowest BCUT2D eigenvalue weighted by Crippen LogP contribution is -2.49. The maximum atomic E-state index is 9.23. The van der Waals surface area contributed by atoms with Crippen molar-refractivity contribution in [1.29, 1.82) is 0 Å². The number of hydrogen-bond donors (Lipinski definition) is 2. The van der Waals surface area contributed by atoms with Crippen LogP contribution < -0.4 is 10.2 Å². The van der Waals surface area contributed by atoms with Crippen LogP contribution in [-0.2, 0) is 4.74 Å². The van der Waals surface area contributed by atoms with Gasteiger partial charge in [-0.2, -0.15) is 0 Å². The van der Waals surface area contributed by atoms with Crippen molar-refractivity contribution in [3.8, 4) is 0 Å². The molecule has 19 heavy (non-hydrogen) atoms. The van der Waals surface area contributed by atoms with Crippen LogP contribution in [-0.4, -0.2) is 48.5 Å². The fraction of sp³-hybridized carbons (Fsp3) is 0.643. The molecule has 0 radical (unpaired) electrons. The average molecular weight is 265 g/mol. The molecule has 0 spiro atoms. The molecule has 2 rings (SSSR count). The SMILES string of the molecule is CCCNc1cncc(N2CC(CO)OCC2C)c1. The van der Waals surface area contributed by atoms with E-state index in [1.807, 2.05) is 12.4 Å². The third-order valence-electron chi connectivity index (χ3n) is 3.34. The number of aliphatic hydroxyl groups is 1. The van der Waals surface area contributed by atoms with Crippen LogP contribution in [0.25, 0.3) is 0 Å². The number of hydrogen-bond acceptors (Lipinski definition) is 5. The number of aliphatic hydroxyl groups excluding tert-OH is 1. The summed E-state index contributed by atoms with van der Waals surface area (Å²) in [5, 5.41) is 12.6. The van der Waals surface area contributed by atoms with E-state index >= 15 is 0 Å². The average Bonchev–Trinajstić information content (AvgIpc) is 2.46. The molecule has 1 fully saturated rings. The van der Waals surface area contributed by atoms with Gasteiger partial charge in [-0.15, -0.1) is 0 Å². The predicted molar refractivity (Wildman–Crippen MR) is 76.7 cm³/mol. The highest BCUT2D eigenvalue weighted by molar-refractivity contribution is 5.56. The monoisotopic (exact) mass is 265 g/mol. The quantitative estimate of drug-likeness (QED) is 0.844. The Morgan fingerprint density at radius 3 is 3.11 bits per heavy atom. The molecule has 1 aliphatic heterocycles. The third-order valence-corrected chi connectivity index (χ3v) is 3.34. The van der Waals surface area contributed by atoms with E-state index in [0.29, 0.717) is 19.2 Å². The number of morpholine rings is 1. The lowest BCUT2D eigenvalue weighted by Gasteiger charge is -2.39. The van der Waals surface area contributed by atoms with Crippen molar-refractivity contribution in [2.45, 2.75) is 32.4 Å². The van der Waals surface area contributed by atoms with Crippen molar-refractivity contribution in [3.63, 3.8) is 0 Å². The number of nitrogens with one attached hydrogen (secondary N) is 1. The van der Waals surface area contributed by atoms with Gasteiger partial charge in [-0.25, -0.2) is 0 Å². The Kier molecular flexibility index (Phi) is 4.99. The molecule has 2 atom stereocenters. The van der Waals surface area contributed by atoms with Crippen molar-refractivity contribution in [2.24, 2.45) is 0 Å². The molecule has 1 aromatic heterocycles. The molecule has 2 N–H and O–H groups in total. The van der Waals surface area contributed by atoms with Gasteiger partial charge in [0.1, 0.15) is 0 Å². The van der Waals surface area contributed by atoms with Crippen LogP contribution >= 0.6 is 0 Å². The highest BCUT2D eigenvalue weighted by Crippen LogP contribution is 2.23. The molecule has 5 nitrogen and oxygen atoms in total. The smallest absolute Gasteiger partial charge is 0.0981 e. The van der Waals surface area contributed by atoms with Gasteiger partial charge in [0.05, 0.1) is 43.1 Å². The second-order valence-corrected chi connectivity index (χ2v) is 5.00. The molecular weight excluding hydrogens is 242 g/mol. The first kappa shape index (κ1) is 14.1. The van der Waals surface area contributed by atoms with Crippen LogP contribution in [0.2, 0.25) is 0 Å². The Bertz CT molecular complexity index is 400. The van der Waals surface area contributed by atoms with Crippen molar-refractivity contribution in [3.05, 3.63) is 18.5 Å². The van der Waals surface area contributed by atoms with Crippen LogP contribution in [0.5, 0.6) is 0 Å². The Labute approximate surface area is 114 Å². The summed E-state index contributed by atoms with van der Waals surface area (Å²) in [6, 6.07) is 2.41. The zero-order chi connectivity index (χ0) is 13.7. The molecule has 2 unspecified atom stereocenters. The summed E-state index contributed by atoms with van der Waals surface area (Å²) in [5.41, 5.74) is 2.12. The van der Waals surface area contributed by atoms with Gasteiger partial charge >= 0.3 is 0 Å². The zero-order valence-electron chi connectivity index (χ0n) is 11.7. The van der Waals surface area contributed by atoms with Gasteiger partial charge in [-0.1, -0.05) is 6.92 Å². The minimum absolute atomic E-state index is 0.0599. The molecular formula is C14H23N3O2. The van der Waals surface area contributed by atoms with Crippen LogP contribution in [0.15, 0.2) is 18.5 Å². The Balaban J connectivity index is 2.10. The highest BCUT2D eigenvalue weighted by atomic mass is 16.5. The molecule has 0 aliphatic carbocycles. The fourth-order valence-corrected chi connectivity index (χ4v) is 2.24. The Morgan fingerprint density at radius 1 is 1.53 bits per heavy atom. The summed E-state index contributed by atoms with van der Waals surface area (Å²) in [4.78, 5) is 6.54. The third kappa shape index (κ3) is 3.58. The molecule has 0 saturated carbocycles. The molecule has 106 valence electrons. The number of nitrogens with zero attached hydrogens (tertiary/aromatic N) is 2. The van der Waals surface area contributed by atoms with Crippen LogP contribution in [0.1, 0.15) is 20.3 Å². The lowest BCUT2D eigenvalue weighted by molar-refractivity contribution is -0.0103. The summed E-state index contributed by atoms with van der Waals surface area (Å²) in [6.07, 6.45) is 4.69. The Morgan fingerprint density at radius 2 is 2.37 bits per heavy atom. The van der Waals surface area contributed by atoms with Gasteiger partial charge in [-0.3, -0.25) is 4.98 Å². The van der Waals surface area contributed by atoms with E-state index in [-0.39, 0.29) is 12.7 Å². The fourth-order valence-electron chi connectivity index (χ4n) is 2.24. The molecule has 5 heteroatoms. The number of pyridine rings is 1. The van der Waals surface area contributed by atoms with Crippen molar-refractivity contribution >= 4 is 11.4 Å². The number of anilines is 2. The van der Waals surface area contributed by atoms with E-state index in [2.05, 4.69) is 35.1 Å². The van der Waals surface area contributed by atoms with Gasteiger partial charge < -0.3 is 20.1 Å². The largest absolute Gasteiger partial charge is 0.394 e.